The third-order valence-electron chi connectivity index (χ3n) is 10.8. The summed E-state index contributed by atoms with van der Waals surface area (Å²) in [4.78, 5) is 43.9. The van der Waals surface area contributed by atoms with Gasteiger partial charge in [0.05, 0.1) is 30.5 Å². The van der Waals surface area contributed by atoms with Gasteiger partial charge in [-0.25, -0.2) is 4.79 Å². The predicted molar refractivity (Wildman–Crippen MR) is 184 cm³/mol. The molecule has 6 aliphatic rings. The molecule has 51 heavy (non-hydrogen) atoms. The zero-order valence-electron chi connectivity index (χ0n) is 28.8. The van der Waals surface area contributed by atoms with Crippen LogP contribution in [-0.4, -0.2) is 95.5 Å². The number of fused-ring (bicyclic) bond motifs is 10. The molecule has 6 heterocycles. The highest BCUT2D eigenvalue weighted by atomic mass is 32.2. The van der Waals surface area contributed by atoms with E-state index in [9.17, 15) is 24.6 Å². The standard InChI is InChI=1S/C37H39N3O10S/c1-16-11-20-12-22-36(44)40-23-13-47-37(45)21(38-35(43)19-9-7-6-8-10-19)14-51-34(28(40)27(39(22)4)24(20)29(42)30(16)46-5)26-25(23)33-32(48-15-49-33)17(2)31(26)50-18(3)41/h6-11,21-23,27-28,34,36,42,44H,12-15H2,1-5H3,(H,38,43)/t21-,22+,23+,27+,28?,34+,36-/m0/s1. The fourth-order valence-corrected chi connectivity index (χ4v) is 10.2. The number of carbonyl (C=O) groups is 3. The van der Waals surface area contributed by atoms with Crippen LogP contribution in [0.15, 0.2) is 36.4 Å². The molecule has 0 aromatic heterocycles. The number of rotatable bonds is 4. The van der Waals surface area contributed by atoms with E-state index in [1.807, 2.05) is 24.9 Å². The maximum Gasteiger partial charge on any atom is 0.329 e. The van der Waals surface area contributed by atoms with Crippen molar-refractivity contribution in [3.8, 4) is 28.7 Å². The van der Waals surface area contributed by atoms with Gasteiger partial charge in [-0.3, -0.25) is 19.4 Å². The van der Waals surface area contributed by atoms with Gasteiger partial charge in [-0.15, -0.1) is 11.8 Å². The Morgan fingerprint density at radius 3 is 2.51 bits per heavy atom. The van der Waals surface area contributed by atoms with Gasteiger partial charge in [-0.1, -0.05) is 24.3 Å². The Morgan fingerprint density at radius 1 is 1.04 bits per heavy atom. The summed E-state index contributed by atoms with van der Waals surface area (Å²) in [5, 5.41) is 26.5. The number of hydrogen-bond donors (Lipinski definition) is 3. The number of esters is 2. The summed E-state index contributed by atoms with van der Waals surface area (Å²) in [5.74, 6) is 0.0622. The van der Waals surface area contributed by atoms with Crippen LogP contribution in [0.25, 0.3) is 0 Å². The number of carbonyl (C=O) groups excluding carboxylic acids is 3. The molecule has 3 aromatic carbocycles. The molecule has 2 saturated heterocycles. The first kappa shape index (κ1) is 33.6. The number of hydrogen-bond acceptors (Lipinski definition) is 13. The number of amides is 1. The molecule has 3 aromatic rings. The highest BCUT2D eigenvalue weighted by Crippen LogP contribution is 2.63. The third-order valence-corrected chi connectivity index (χ3v) is 12.2. The zero-order valence-corrected chi connectivity index (χ0v) is 29.6. The number of aryl methyl sites for hydroxylation is 1. The van der Waals surface area contributed by atoms with Gasteiger partial charge in [0.2, 0.25) is 6.79 Å². The van der Waals surface area contributed by atoms with E-state index in [1.165, 1.54) is 25.8 Å². The lowest BCUT2D eigenvalue weighted by molar-refractivity contribution is -0.184. The number of aromatic hydroxyl groups is 1. The van der Waals surface area contributed by atoms with Crippen LogP contribution >= 0.6 is 11.8 Å². The van der Waals surface area contributed by atoms with Gasteiger partial charge in [-0.2, -0.15) is 0 Å². The summed E-state index contributed by atoms with van der Waals surface area (Å²) in [6.45, 7) is 4.73. The monoisotopic (exact) mass is 717 g/mol. The van der Waals surface area contributed by atoms with Crippen LogP contribution < -0.4 is 24.3 Å². The van der Waals surface area contributed by atoms with Gasteiger partial charge in [0.1, 0.15) is 24.6 Å². The molecule has 9 rings (SSSR count). The SMILES string of the molecule is COc1c(C)cc2c(c1O)[C@@H]1C3[C@@H]4SC[C@H](NC(=O)c5ccccc5)C(=O)OC[C@H](c5c6c(c(C)c(OC(C)=O)c54)OCO6)N3[C@@H](O)[C@@H](C2)N1C. The third kappa shape index (κ3) is 5.13. The van der Waals surface area contributed by atoms with Gasteiger partial charge in [-0.05, 0) is 50.6 Å². The molecule has 0 saturated carbocycles. The molecule has 0 radical (unpaired) electrons. The zero-order chi connectivity index (χ0) is 35.9. The molecule has 2 fully saturated rings. The second-order valence-electron chi connectivity index (χ2n) is 13.6. The predicted octanol–water partition coefficient (Wildman–Crippen LogP) is 3.46. The minimum atomic E-state index is -1.04. The Morgan fingerprint density at radius 2 is 1.78 bits per heavy atom. The minimum Gasteiger partial charge on any atom is -0.504 e. The Labute approximate surface area is 298 Å². The summed E-state index contributed by atoms with van der Waals surface area (Å²) >= 11 is 1.38. The summed E-state index contributed by atoms with van der Waals surface area (Å²) < 4.78 is 29.8. The molecule has 1 amide bonds. The van der Waals surface area contributed by atoms with Gasteiger partial charge >= 0.3 is 11.9 Å². The van der Waals surface area contributed by atoms with E-state index >= 15 is 0 Å². The summed E-state index contributed by atoms with van der Waals surface area (Å²) in [6, 6.07) is 7.36. The van der Waals surface area contributed by atoms with E-state index in [0.29, 0.717) is 57.2 Å². The van der Waals surface area contributed by atoms with Crippen LogP contribution in [-0.2, 0) is 20.7 Å². The number of methoxy groups -OCH3 is 1. The molecule has 13 nitrogen and oxygen atoms in total. The number of likely N-dealkylation sites (N-methyl/N-ethyl adjacent to an activating group) is 1. The molecule has 6 aliphatic heterocycles. The van der Waals surface area contributed by atoms with Crippen LogP contribution in [0.4, 0.5) is 0 Å². The Hall–Kier alpha value is -4.50. The van der Waals surface area contributed by atoms with Gasteiger partial charge < -0.3 is 39.2 Å². The van der Waals surface area contributed by atoms with E-state index in [-0.39, 0.29) is 30.9 Å². The fraction of sp³-hybridized carbons (Fsp3) is 0.432. The van der Waals surface area contributed by atoms with E-state index < -0.39 is 53.5 Å². The number of piperazine rings is 1. The molecular weight excluding hydrogens is 678 g/mol. The van der Waals surface area contributed by atoms with Crippen LogP contribution in [0.3, 0.4) is 0 Å². The van der Waals surface area contributed by atoms with Crippen molar-refractivity contribution in [3.05, 3.63) is 75.3 Å². The number of phenols is 1. The van der Waals surface area contributed by atoms with E-state index in [2.05, 4.69) is 10.2 Å². The number of nitrogens with zero attached hydrogens (tertiary/aromatic N) is 2. The number of aliphatic hydroxyl groups is 1. The fourth-order valence-electron chi connectivity index (χ4n) is 8.71. The van der Waals surface area contributed by atoms with Crippen molar-refractivity contribution < 1.29 is 48.3 Å². The first-order valence-corrected chi connectivity index (χ1v) is 17.9. The second kappa shape index (κ2) is 12.6. The van der Waals surface area contributed by atoms with Gasteiger partial charge in [0.15, 0.2) is 23.0 Å². The lowest BCUT2D eigenvalue weighted by Gasteiger charge is -2.62. The van der Waals surface area contributed by atoms with Crippen LogP contribution in [0.2, 0.25) is 0 Å². The molecule has 3 N–H and O–H groups in total. The Bertz CT molecular complexity index is 1960. The topological polar surface area (TPSA) is 156 Å². The number of thioether (sulfide) groups is 1. The summed E-state index contributed by atoms with van der Waals surface area (Å²) in [5.41, 5.74) is 4.58. The van der Waals surface area contributed by atoms with Gasteiger partial charge in [0.25, 0.3) is 5.91 Å². The molecule has 0 spiro atoms. The molecule has 14 heteroatoms. The maximum atomic E-state index is 13.8. The smallest absolute Gasteiger partial charge is 0.329 e. The first-order valence-electron chi connectivity index (χ1n) is 16.9. The summed E-state index contributed by atoms with van der Waals surface area (Å²) in [6.07, 6.45) is -0.599. The number of aliphatic hydroxyl groups excluding tert-OH is 1. The summed E-state index contributed by atoms with van der Waals surface area (Å²) in [7, 11) is 3.46. The van der Waals surface area contributed by atoms with Crippen LogP contribution in [0.5, 0.6) is 28.7 Å². The highest BCUT2D eigenvalue weighted by Gasteiger charge is 2.60. The highest BCUT2D eigenvalue weighted by molar-refractivity contribution is 7.99. The van der Waals surface area contributed by atoms with Crippen molar-refractivity contribution in [2.75, 3.05) is 33.3 Å². The maximum absolute atomic E-state index is 13.8. The van der Waals surface area contributed by atoms with Crippen molar-refractivity contribution >= 4 is 29.6 Å². The average molecular weight is 718 g/mol. The quantitative estimate of drug-likeness (QED) is 0.267. The van der Waals surface area contributed by atoms with Gasteiger partial charge in [0, 0.05) is 46.5 Å². The van der Waals surface area contributed by atoms with Crippen molar-refractivity contribution in [2.24, 2.45) is 0 Å². The molecule has 268 valence electrons. The van der Waals surface area contributed by atoms with Crippen LogP contribution in [0, 0.1) is 13.8 Å². The second-order valence-corrected chi connectivity index (χ2v) is 14.8. The number of ether oxygens (including phenoxy) is 5. The lowest BCUT2D eigenvalue weighted by Crippen LogP contribution is -2.69. The van der Waals surface area contributed by atoms with E-state index in [4.69, 9.17) is 23.7 Å². The Balaban J connectivity index is 1.35. The van der Waals surface area contributed by atoms with Crippen molar-refractivity contribution in [3.63, 3.8) is 0 Å². The van der Waals surface area contributed by atoms with Crippen molar-refractivity contribution in [1.29, 1.82) is 0 Å². The van der Waals surface area contributed by atoms with E-state index in [0.717, 1.165) is 11.1 Å². The first-order chi connectivity index (χ1) is 24.5. The normalized spacial score (nSPS) is 27.8. The molecular formula is C37H39N3O10S. The average Bonchev–Trinajstić information content (AvgIpc) is 3.60. The number of phenolic OH excluding ortho intramolecular Hbond substituents is 1. The molecule has 7 atom stereocenters. The molecule has 4 bridgehead atoms. The lowest BCUT2D eigenvalue weighted by atomic mass is 9.73. The number of benzene rings is 3. The largest absolute Gasteiger partial charge is 0.504 e. The minimum absolute atomic E-state index is 0.0267. The van der Waals surface area contributed by atoms with Crippen molar-refractivity contribution in [2.45, 2.75) is 68.9 Å². The number of nitrogens with one attached hydrogen (secondary N) is 1. The van der Waals surface area contributed by atoms with E-state index in [1.54, 1.807) is 37.3 Å². The Kier molecular flexibility index (Phi) is 8.32. The molecule has 0 aliphatic carbocycles. The van der Waals surface area contributed by atoms with Crippen molar-refractivity contribution in [1.82, 2.24) is 15.1 Å². The van der Waals surface area contributed by atoms with Crippen LogP contribution in [0.1, 0.15) is 68.0 Å². The molecule has 1 unspecified atom stereocenters.